The summed E-state index contributed by atoms with van der Waals surface area (Å²) in [5.41, 5.74) is 0.889. The molecule has 0 atom stereocenters. The molecule has 0 saturated heterocycles. The average Bonchev–Trinajstić information content (AvgIpc) is 1.91. The van der Waals surface area contributed by atoms with Crippen molar-refractivity contribution in [2.24, 2.45) is 0 Å². The molecule has 0 aliphatic heterocycles. The van der Waals surface area contributed by atoms with Crippen molar-refractivity contribution in [1.29, 1.82) is 0 Å². The van der Waals surface area contributed by atoms with Crippen LogP contribution in [-0.2, 0) is 0 Å². The summed E-state index contributed by atoms with van der Waals surface area (Å²) >= 11 is 0. The third-order valence-electron chi connectivity index (χ3n) is 0.599. The maximum Gasteiger partial charge on any atom is 0.0931 e. The number of hydrogen-bond donors (Lipinski definition) is 0. The van der Waals surface area contributed by atoms with E-state index in [0.717, 1.165) is 5.56 Å². The Morgan fingerprint density at radius 3 is 3.00 bits per heavy atom. The van der Waals surface area contributed by atoms with Crippen molar-refractivity contribution in [3.63, 3.8) is 0 Å². The van der Waals surface area contributed by atoms with Crippen molar-refractivity contribution in [2.45, 2.75) is 6.92 Å². The van der Waals surface area contributed by atoms with E-state index >= 15 is 0 Å². The first-order valence-electron chi connectivity index (χ1n) is 2.30. The number of hydrogen-bond acceptors (Lipinski definition) is 1. The molecule has 0 amide bonds. The molecule has 0 bridgehead atoms. The molecule has 1 heterocycles. The summed E-state index contributed by atoms with van der Waals surface area (Å²) in [4.78, 5) is 0. The lowest BCUT2D eigenvalue weighted by Gasteiger charge is -1.63. The van der Waals surface area contributed by atoms with Gasteiger partial charge in [0.1, 0.15) is 0 Å². The lowest BCUT2D eigenvalue weighted by Crippen LogP contribution is -1.48. The first kappa shape index (κ1) is 2.45. The average molecular weight is 83.1 g/mol. The standard InChI is InChI=1S/C5H6O/c1-5-2-3-6-4-5/h2-4H,1H3/i2D. The summed E-state index contributed by atoms with van der Waals surface area (Å²) < 4.78 is 11.7. The highest BCUT2D eigenvalue weighted by Gasteiger charge is 1.75. The highest BCUT2D eigenvalue weighted by Crippen LogP contribution is 1.93. The molecule has 6 heavy (non-hydrogen) atoms. The van der Waals surface area contributed by atoms with Crippen LogP contribution in [0.4, 0.5) is 0 Å². The normalized spacial score (nSPS) is 11.2. The molecule has 1 aromatic heterocycles. The molecule has 1 aromatic rings. The molecule has 0 spiro atoms. The molecule has 0 aliphatic carbocycles. The lowest BCUT2D eigenvalue weighted by atomic mass is 10.4. The van der Waals surface area contributed by atoms with Crippen molar-refractivity contribution in [3.8, 4) is 0 Å². The Morgan fingerprint density at radius 2 is 2.83 bits per heavy atom. The topological polar surface area (TPSA) is 13.1 Å². The molecule has 0 unspecified atom stereocenters. The van der Waals surface area contributed by atoms with Gasteiger partial charge >= 0.3 is 0 Å². The van der Waals surface area contributed by atoms with Crippen LogP contribution < -0.4 is 0 Å². The van der Waals surface area contributed by atoms with Crippen molar-refractivity contribution in [1.82, 2.24) is 0 Å². The first-order chi connectivity index (χ1) is 3.30. The molecular formula is C5H6O. The minimum absolute atomic E-state index is 0.472. The summed E-state index contributed by atoms with van der Waals surface area (Å²) in [5, 5.41) is 0. The van der Waals surface area contributed by atoms with Crippen LogP contribution in [0.5, 0.6) is 0 Å². The Morgan fingerprint density at radius 1 is 2.00 bits per heavy atom. The summed E-state index contributed by atoms with van der Waals surface area (Å²) in [6, 6.07) is 0.472. The van der Waals surface area contributed by atoms with Crippen LogP contribution >= 0.6 is 0 Å². The van der Waals surface area contributed by atoms with Crippen LogP contribution in [0.15, 0.2) is 23.0 Å². The third kappa shape index (κ3) is 0.432. The van der Waals surface area contributed by atoms with Gasteiger partial charge in [0.15, 0.2) is 0 Å². The zero-order chi connectivity index (χ0) is 5.28. The summed E-state index contributed by atoms with van der Waals surface area (Å²) in [6.07, 6.45) is 2.97. The van der Waals surface area contributed by atoms with E-state index in [4.69, 9.17) is 1.37 Å². The predicted octanol–water partition coefficient (Wildman–Crippen LogP) is 1.59. The lowest BCUT2D eigenvalue weighted by molar-refractivity contribution is 0.565. The third-order valence-corrected chi connectivity index (χ3v) is 0.599. The second-order valence-corrected chi connectivity index (χ2v) is 1.20. The SMILES string of the molecule is [2H]c1cocc1C. The zero-order valence-electron chi connectivity index (χ0n) is 4.56. The van der Waals surface area contributed by atoms with Gasteiger partial charge in [-0.3, -0.25) is 0 Å². The van der Waals surface area contributed by atoms with Gasteiger partial charge in [-0.2, -0.15) is 0 Å². The van der Waals surface area contributed by atoms with Gasteiger partial charge in [0.25, 0.3) is 0 Å². The molecule has 1 rings (SSSR count). The molecule has 32 valence electrons. The Bertz CT molecular complexity index is 140. The Labute approximate surface area is 38.0 Å². The van der Waals surface area contributed by atoms with E-state index in [-0.39, 0.29) is 0 Å². The molecule has 1 nitrogen and oxygen atoms in total. The maximum atomic E-state index is 7.01. The van der Waals surface area contributed by atoms with Crippen LogP contribution in [-0.4, -0.2) is 0 Å². The van der Waals surface area contributed by atoms with Gasteiger partial charge in [0, 0.05) is 0 Å². The zero-order valence-corrected chi connectivity index (χ0v) is 3.56. The minimum Gasteiger partial charge on any atom is -0.472 e. The van der Waals surface area contributed by atoms with Gasteiger partial charge in [-0.15, -0.1) is 0 Å². The van der Waals surface area contributed by atoms with E-state index in [0.29, 0.717) is 6.04 Å². The second-order valence-electron chi connectivity index (χ2n) is 1.20. The van der Waals surface area contributed by atoms with Crippen molar-refractivity contribution < 1.29 is 5.79 Å². The monoisotopic (exact) mass is 83.0 g/mol. The molecule has 0 radical (unpaired) electrons. The molecule has 0 saturated carbocycles. The van der Waals surface area contributed by atoms with Gasteiger partial charge < -0.3 is 4.42 Å². The maximum absolute atomic E-state index is 7.01. The van der Waals surface area contributed by atoms with Gasteiger partial charge in [0.05, 0.1) is 13.9 Å². The number of aryl methyl sites for hydroxylation is 1. The second kappa shape index (κ2) is 1.17. The van der Waals surface area contributed by atoms with E-state index in [2.05, 4.69) is 4.42 Å². The van der Waals surface area contributed by atoms with Crippen LogP contribution in [0.25, 0.3) is 0 Å². The van der Waals surface area contributed by atoms with E-state index in [9.17, 15) is 0 Å². The highest BCUT2D eigenvalue weighted by molar-refractivity contribution is 5.00. The van der Waals surface area contributed by atoms with E-state index in [1.807, 2.05) is 6.92 Å². The van der Waals surface area contributed by atoms with E-state index in [1.54, 1.807) is 6.26 Å². The molecule has 0 aromatic carbocycles. The predicted molar refractivity (Wildman–Crippen MR) is 23.4 cm³/mol. The summed E-state index contributed by atoms with van der Waals surface area (Å²) in [7, 11) is 0. The molecule has 0 N–H and O–H groups in total. The van der Waals surface area contributed by atoms with Crippen LogP contribution in [0.3, 0.4) is 0 Å². The fraction of sp³-hybridized carbons (Fsp3) is 0.200. The van der Waals surface area contributed by atoms with Crippen molar-refractivity contribution >= 4 is 0 Å². The Balaban J connectivity index is 3.12. The van der Waals surface area contributed by atoms with E-state index in [1.165, 1.54) is 6.26 Å². The van der Waals surface area contributed by atoms with Gasteiger partial charge in [-0.05, 0) is 18.5 Å². The number of rotatable bonds is 0. The van der Waals surface area contributed by atoms with Crippen LogP contribution in [0.1, 0.15) is 6.93 Å². The molecule has 1 heteroatoms. The fourth-order valence-corrected chi connectivity index (χ4v) is 0.297. The fourth-order valence-electron chi connectivity index (χ4n) is 0.297. The van der Waals surface area contributed by atoms with Gasteiger partial charge in [0.2, 0.25) is 0 Å². The summed E-state index contributed by atoms with van der Waals surface area (Å²) in [6.45, 7) is 1.84. The summed E-state index contributed by atoms with van der Waals surface area (Å²) in [5.74, 6) is 0. The Kier molecular flexibility index (Phi) is 0.477. The molecule has 0 aliphatic rings. The van der Waals surface area contributed by atoms with Crippen LogP contribution in [0.2, 0.25) is 0 Å². The smallest absolute Gasteiger partial charge is 0.0931 e. The number of furan rings is 1. The largest absolute Gasteiger partial charge is 0.472 e. The van der Waals surface area contributed by atoms with Crippen molar-refractivity contribution in [3.05, 3.63) is 24.1 Å². The first-order valence-corrected chi connectivity index (χ1v) is 1.80. The van der Waals surface area contributed by atoms with Crippen LogP contribution in [0, 0.1) is 6.92 Å². The van der Waals surface area contributed by atoms with Crippen molar-refractivity contribution in [2.75, 3.05) is 0 Å². The Hall–Kier alpha value is -0.720. The molecular weight excluding hydrogens is 76.1 g/mol. The van der Waals surface area contributed by atoms with E-state index < -0.39 is 0 Å². The highest BCUT2D eigenvalue weighted by atomic mass is 16.3. The quantitative estimate of drug-likeness (QED) is 0.464. The molecule has 0 fully saturated rings. The van der Waals surface area contributed by atoms with Gasteiger partial charge in [-0.25, -0.2) is 0 Å². The van der Waals surface area contributed by atoms with Gasteiger partial charge in [-0.1, -0.05) is 0 Å². The minimum atomic E-state index is 0.472.